The molecule has 1 aliphatic carbocycles. The van der Waals surface area contributed by atoms with Crippen LogP contribution in [0.15, 0.2) is 24.3 Å². The summed E-state index contributed by atoms with van der Waals surface area (Å²) in [4.78, 5) is 17.0. The van der Waals surface area contributed by atoms with Crippen LogP contribution >= 0.6 is 0 Å². The number of aryl methyl sites for hydroxylation is 1. The molecule has 156 valence electrons. The summed E-state index contributed by atoms with van der Waals surface area (Å²) in [5, 5.41) is 0. The molecular weight excluding hydrogens is 352 g/mol. The summed E-state index contributed by atoms with van der Waals surface area (Å²) < 4.78 is 11.3. The largest absolute Gasteiger partial charge is 0.497 e. The highest BCUT2D eigenvalue weighted by Crippen LogP contribution is 2.20. The van der Waals surface area contributed by atoms with Gasteiger partial charge in [0.1, 0.15) is 5.75 Å². The maximum atomic E-state index is 12.5. The summed E-state index contributed by atoms with van der Waals surface area (Å²) in [7, 11) is 1.67. The fourth-order valence-electron chi connectivity index (χ4n) is 4.18. The van der Waals surface area contributed by atoms with Crippen molar-refractivity contribution in [1.82, 2.24) is 9.80 Å². The molecule has 0 radical (unpaired) electrons. The van der Waals surface area contributed by atoms with Gasteiger partial charge in [-0.2, -0.15) is 0 Å². The monoisotopic (exact) mass is 388 g/mol. The quantitative estimate of drug-likeness (QED) is 0.639. The lowest BCUT2D eigenvalue weighted by molar-refractivity contribution is -0.133. The molecule has 0 bridgehead atoms. The minimum atomic E-state index is 0.269. The predicted octanol–water partition coefficient (Wildman–Crippen LogP) is 3.51. The summed E-state index contributed by atoms with van der Waals surface area (Å²) in [5.74, 6) is 1.12. The van der Waals surface area contributed by atoms with Gasteiger partial charge in [-0.15, -0.1) is 0 Å². The van der Waals surface area contributed by atoms with Crippen molar-refractivity contribution in [2.24, 2.45) is 0 Å². The lowest BCUT2D eigenvalue weighted by Gasteiger charge is -2.35. The highest BCUT2D eigenvalue weighted by Gasteiger charge is 2.21. The number of rotatable bonds is 8. The third-order valence-electron chi connectivity index (χ3n) is 6.07. The maximum absolute atomic E-state index is 12.5. The molecular formula is C23H36N2O3. The van der Waals surface area contributed by atoms with E-state index in [9.17, 15) is 4.79 Å². The van der Waals surface area contributed by atoms with Crippen molar-refractivity contribution in [2.75, 3.05) is 46.4 Å². The van der Waals surface area contributed by atoms with Crippen LogP contribution in [0.1, 0.15) is 50.5 Å². The summed E-state index contributed by atoms with van der Waals surface area (Å²) in [5.41, 5.74) is 1.18. The Morgan fingerprint density at radius 1 is 1.00 bits per heavy atom. The van der Waals surface area contributed by atoms with Crippen LogP contribution in [0.4, 0.5) is 0 Å². The Kier molecular flexibility index (Phi) is 8.62. The summed E-state index contributed by atoms with van der Waals surface area (Å²) in [6.45, 7) is 5.42. The predicted molar refractivity (Wildman–Crippen MR) is 112 cm³/mol. The molecule has 0 unspecified atom stereocenters. The van der Waals surface area contributed by atoms with E-state index in [1.165, 1.54) is 44.1 Å². The van der Waals surface area contributed by atoms with E-state index in [1.54, 1.807) is 7.11 Å². The number of nitrogens with zero attached hydrogens (tertiary/aromatic N) is 2. The Morgan fingerprint density at radius 3 is 2.32 bits per heavy atom. The minimum absolute atomic E-state index is 0.269. The zero-order valence-electron chi connectivity index (χ0n) is 17.4. The third-order valence-corrected chi connectivity index (χ3v) is 6.07. The van der Waals surface area contributed by atoms with Gasteiger partial charge in [0, 0.05) is 39.1 Å². The molecule has 3 rings (SSSR count). The first-order valence-corrected chi connectivity index (χ1v) is 11.0. The second-order valence-electron chi connectivity index (χ2n) is 8.05. The summed E-state index contributed by atoms with van der Waals surface area (Å²) in [6, 6.07) is 7.99. The van der Waals surface area contributed by atoms with Gasteiger partial charge >= 0.3 is 0 Å². The molecule has 28 heavy (non-hydrogen) atoms. The molecule has 1 aromatic rings. The van der Waals surface area contributed by atoms with Gasteiger partial charge in [-0.1, -0.05) is 37.8 Å². The first kappa shape index (κ1) is 21.1. The molecule has 1 aliphatic heterocycles. The minimum Gasteiger partial charge on any atom is -0.497 e. The molecule has 0 aromatic heterocycles. The van der Waals surface area contributed by atoms with E-state index in [0.29, 0.717) is 12.5 Å². The number of hydrogen-bond acceptors (Lipinski definition) is 4. The lowest BCUT2D eigenvalue weighted by atomic mass is 10.1. The molecule has 2 fully saturated rings. The van der Waals surface area contributed by atoms with Crippen LogP contribution in [0.3, 0.4) is 0 Å². The van der Waals surface area contributed by atoms with Crippen LogP contribution in [-0.4, -0.2) is 68.3 Å². The molecule has 1 amide bonds. The van der Waals surface area contributed by atoms with Gasteiger partial charge in [0.2, 0.25) is 5.91 Å². The van der Waals surface area contributed by atoms with Crippen LogP contribution in [0, 0.1) is 0 Å². The van der Waals surface area contributed by atoms with Crippen molar-refractivity contribution in [3.63, 3.8) is 0 Å². The second-order valence-corrected chi connectivity index (χ2v) is 8.05. The standard InChI is InChI=1S/C23H36N2O3/c1-27-21-11-8-20(9-12-21)10-13-23(26)25-16-14-24(15-17-25)18-19-28-22-6-4-2-3-5-7-22/h8-9,11-12,22H,2-7,10,13-19H2,1H3. The van der Waals surface area contributed by atoms with Crippen LogP contribution in [0.2, 0.25) is 0 Å². The fraction of sp³-hybridized carbons (Fsp3) is 0.696. The Morgan fingerprint density at radius 2 is 1.68 bits per heavy atom. The highest BCUT2D eigenvalue weighted by molar-refractivity contribution is 5.76. The number of piperazine rings is 1. The van der Waals surface area contributed by atoms with Crippen LogP contribution in [-0.2, 0) is 16.0 Å². The number of amides is 1. The highest BCUT2D eigenvalue weighted by atomic mass is 16.5. The second kappa shape index (κ2) is 11.4. The maximum Gasteiger partial charge on any atom is 0.222 e. The van der Waals surface area contributed by atoms with Crippen molar-refractivity contribution >= 4 is 5.91 Å². The molecule has 0 atom stereocenters. The number of carbonyl (C=O) groups excluding carboxylic acids is 1. The van der Waals surface area contributed by atoms with E-state index in [4.69, 9.17) is 9.47 Å². The number of ether oxygens (including phenoxy) is 2. The Balaban J connectivity index is 1.30. The Labute approximate surface area is 170 Å². The smallest absolute Gasteiger partial charge is 0.222 e. The average Bonchev–Trinajstić information content (AvgIpc) is 3.02. The fourth-order valence-corrected chi connectivity index (χ4v) is 4.18. The van der Waals surface area contributed by atoms with Crippen LogP contribution in [0.5, 0.6) is 5.75 Å². The van der Waals surface area contributed by atoms with E-state index in [-0.39, 0.29) is 5.91 Å². The van der Waals surface area contributed by atoms with E-state index < -0.39 is 0 Å². The molecule has 5 nitrogen and oxygen atoms in total. The SMILES string of the molecule is COc1ccc(CCC(=O)N2CCN(CCOC3CCCCCC3)CC2)cc1. The molecule has 1 saturated heterocycles. The van der Waals surface area contributed by atoms with Gasteiger partial charge in [-0.05, 0) is 37.0 Å². The average molecular weight is 389 g/mol. The molecule has 0 N–H and O–H groups in total. The Hall–Kier alpha value is -1.59. The zero-order valence-corrected chi connectivity index (χ0v) is 17.4. The molecule has 5 heteroatoms. The van der Waals surface area contributed by atoms with Crippen LogP contribution < -0.4 is 4.74 Å². The van der Waals surface area contributed by atoms with Crippen molar-refractivity contribution in [3.8, 4) is 5.75 Å². The molecule has 1 saturated carbocycles. The first-order chi connectivity index (χ1) is 13.7. The Bertz CT molecular complexity index is 574. The molecule has 0 spiro atoms. The number of benzene rings is 1. The van der Waals surface area contributed by atoms with Crippen molar-refractivity contribution in [1.29, 1.82) is 0 Å². The van der Waals surface area contributed by atoms with Crippen molar-refractivity contribution in [3.05, 3.63) is 29.8 Å². The van der Waals surface area contributed by atoms with E-state index >= 15 is 0 Å². The molecule has 1 heterocycles. The third kappa shape index (κ3) is 6.78. The molecule has 2 aliphatic rings. The zero-order chi connectivity index (χ0) is 19.6. The van der Waals surface area contributed by atoms with E-state index in [0.717, 1.165) is 51.5 Å². The van der Waals surface area contributed by atoms with Crippen molar-refractivity contribution < 1.29 is 14.3 Å². The number of carbonyl (C=O) groups is 1. The summed E-state index contributed by atoms with van der Waals surface area (Å²) in [6.07, 6.45) is 9.69. The van der Waals surface area contributed by atoms with E-state index in [2.05, 4.69) is 4.90 Å². The summed E-state index contributed by atoms with van der Waals surface area (Å²) >= 11 is 0. The normalized spacial score (nSPS) is 19.4. The van der Waals surface area contributed by atoms with E-state index in [1.807, 2.05) is 29.2 Å². The van der Waals surface area contributed by atoms with Gasteiger partial charge in [0.25, 0.3) is 0 Å². The van der Waals surface area contributed by atoms with Crippen LogP contribution in [0.25, 0.3) is 0 Å². The van der Waals surface area contributed by atoms with Gasteiger partial charge in [-0.3, -0.25) is 9.69 Å². The van der Waals surface area contributed by atoms with Crippen molar-refractivity contribution in [2.45, 2.75) is 57.5 Å². The van der Waals surface area contributed by atoms with Gasteiger partial charge in [0.15, 0.2) is 0 Å². The topological polar surface area (TPSA) is 42.0 Å². The molecule has 1 aromatic carbocycles. The first-order valence-electron chi connectivity index (χ1n) is 11.0. The van der Waals surface area contributed by atoms with Gasteiger partial charge < -0.3 is 14.4 Å². The number of hydrogen-bond donors (Lipinski definition) is 0. The lowest BCUT2D eigenvalue weighted by Crippen LogP contribution is -2.49. The van der Waals surface area contributed by atoms with Gasteiger partial charge in [0.05, 0.1) is 19.8 Å². The number of methoxy groups -OCH3 is 1. The van der Waals surface area contributed by atoms with Gasteiger partial charge in [-0.25, -0.2) is 0 Å².